The van der Waals surface area contributed by atoms with Crippen molar-refractivity contribution >= 4 is 11.6 Å². The molecule has 0 spiro atoms. The molecule has 0 radical (unpaired) electrons. The lowest BCUT2D eigenvalue weighted by Crippen LogP contribution is -2.14. The third kappa shape index (κ3) is 5.05. The summed E-state index contributed by atoms with van der Waals surface area (Å²) in [6, 6.07) is 11.6. The smallest absolute Gasteiger partial charge is 0.266 e. The minimum absolute atomic E-state index is 0.0684. The number of nitrogens with zero attached hydrogens (tertiary/aromatic N) is 4. The average molecular weight is 447 g/mol. The SMILES string of the molecule is Cc1ccnc(C)c1OCCCNc1nc(-c2ccc(C(C)(C)C)cc2)nc2cc(=O)[nH]n12. The van der Waals surface area contributed by atoms with Crippen LogP contribution >= 0.6 is 0 Å². The van der Waals surface area contributed by atoms with Gasteiger partial charge in [-0.2, -0.15) is 4.98 Å². The van der Waals surface area contributed by atoms with Gasteiger partial charge in [-0.3, -0.25) is 14.9 Å². The summed E-state index contributed by atoms with van der Waals surface area (Å²) in [7, 11) is 0. The van der Waals surface area contributed by atoms with Gasteiger partial charge in [0.15, 0.2) is 11.5 Å². The minimum atomic E-state index is -0.224. The molecule has 0 unspecified atom stereocenters. The number of aryl methyl sites for hydroxylation is 2. The van der Waals surface area contributed by atoms with Crippen LogP contribution in [0, 0.1) is 13.8 Å². The fraction of sp³-hybridized carbons (Fsp3) is 0.360. The molecule has 0 saturated heterocycles. The predicted molar refractivity (Wildman–Crippen MR) is 130 cm³/mol. The molecule has 0 amide bonds. The van der Waals surface area contributed by atoms with Crippen molar-refractivity contribution < 1.29 is 4.74 Å². The van der Waals surface area contributed by atoms with Gasteiger partial charge in [-0.1, -0.05) is 45.0 Å². The molecule has 3 heterocycles. The number of pyridine rings is 1. The molecule has 172 valence electrons. The average Bonchev–Trinajstić information content (AvgIpc) is 3.15. The number of benzene rings is 1. The number of H-pyrrole nitrogens is 1. The molecule has 8 nitrogen and oxygen atoms in total. The number of fused-ring (bicyclic) bond motifs is 1. The number of aromatic nitrogens is 5. The molecule has 1 aromatic carbocycles. The van der Waals surface area contributed by atoms with Crippen molar-refractivity contribution in [1.29, 1.82) is 0 Å². The Balaban J connectivity index is 1.49. The first-order chi connectivity index (χ1) is 15.7. The molecule has 0 aliphatic rings. The van der Waals surface area contributed by atoms with Crippen LogP contribution < -0.4 is 15.6 Å². The maximum atomic E-state index is 11.9. The summed E-state index contributed by atoms with van der Waals surface area (Å²) in [6.07, 6.45) is 2.53. The summed E-state index contributed by atoms with van der Waals surface area (Å²) in [6.45, 7) is 11.7. The molecule has 4 rings (SSSR count). The number of anilines is 1. The fourth-order valence-corrected chi connectivity index (χ4v) is 3.62. The largest absolute Gasteiger partial charge is 0.491 e. The monoisotopic (exact) mass is 446 g/mol. The van der Waals surface area contributed by atoms with Gasteiger partial charge in [0, 0.05) is 24.4 Å². The van der Waals surface area contributed by atoms with E-state index in [1.54, 1.807) is 10.7 Å². The normalized spacial score (nSPS) is 11.7. The zero-order valence-electron chi connectivity index (χ0n) is 19.8. The van der Waals surface area contributed by atoms with E-state index in [9.17, 15) is 4.79 Å². The molecule has 0 fully saturated rings. The maximum absolute atomic E-state index is 11.9. The lowest BCUT2D eigenvalue weighted by Gasteiger charge is -2.19. The quantitative estimate of drug-likeness (QED) is 0.412. The summed E-state index contributed by atoms with van der Waals surface area (Å²) in [5, 5.41) is 6.06. The van der Waals surface area contributed by atoms with Crippen LogP contribution in [0.3, 0.4) is 0 Å². The molecular weight excluding hydrogens is 416 g/mol. The van der Waals surface area contributed by atoms with Crippen molar-refractivity contribution in [3.05, 3.63) is 69.8 Å². The number of hydrogen-bond acceptors (Lipinski definition) is 6. The van der Waals surface area contributed by atoms with E-state index in [1.807, 2.05) is 32.0 Å². The third-order valence-electron chi connectivity index (χ3n) is 5.49. The Morgan fingerprint density at radius 3 is 2.55 bits per heavy atom. The molecule has 0 saturated carbocycles. The van der Waals surface area contributed by atoms with E-state index < -0.39 is 0 Å². The van der Waals surface area contributed by atoms with Crippen LogP contribution in [0.25, 0.3) is 17.0 Å². The molecular formula is C25H30N6O2. The minimum Gasteiger partial charge on any atom is -0.491 e. The topological polar surface area (TPSA) is 97.2 Å². The van der Waals surface area contributed by atoms with Gasteiger partial charge in [-0.05, 0) is 42.9 Å². The second kappa shape index (κ2) is 9.05. The van der Waals surface area contributed by atoms with Crippen LogP contribution in [0.1, 0.15) is 44.0 Å². The van der Waals surface area contributed by atoms with E-state index >= 15 is 0 Å². The first-order valence-electron chi connectivity index (χ1n) is 11.1. The standard InChI is InChI=1S/C25H30N6O2/c1-16-11-13-26-17(2)22(16)33-14-6-12-27-24-29-23(28-20-15-21(32)30-31(20)24)18-7-9-19(10-8-18)25(3,4)5/h7-11,13,15H,6,12,14H2,1-5H3,(H,30,32)(H,27,28,29). The number of rotatable bonds is 7. The highest BCUT2D eigenvalue weighted by molar-refractivity contribution is 5.60. The van der Waals surface area contributed by atoms with Crippen LogP contribution in [0.2, 0.25) is 0 Å². The lowest BCUT2D eigenvalue weighted by molar-refractivity contribution is 0.309. The molecule has 4 aromatic rings. The van der Waals surface area contributed by atoms with Crippen LogP contribution in [0.15, 0.2) is 47.4 Å². The van der Waals surface area contributed by atoms with Crippen molar-refractivity contribution in [3.63, 3.8) is 0 Å². The predicted octanol–water partition coefficient (Wildman–Crippen LogP) is 4.27. The van der Waals surface area contributed by atoms with E-state index in [4.69, 9.17) is 4.74 Å². The number of nitrogens with one attached hydrogen (secondary N) is 2. The second-order valence-corrected chi connectivity index (χ2v) is 9.18. The summed E-state index contributed by atoms with van der Waals surface area (Å²) < 4.78 is 7.50. The number of aromatic amines is 1. The van der Waals surface area contributed by atoms with Gasteiger partial charge in [0.05, 0.1) is 12.3 Å². The van der Waals surface area contributed by atoms with Crippen molar-refractivity contribution in [2.75, 3.05) is 18.5 Å². The highest BCUT2D eigenvalue weighted by Crippen LogP contribution is 2.25. The molecule has 0 bridgehead atoms. The van der Waals surface area contributed by atoms with Crippen LogP contribution in [-0.2, 0) is 5.41 Å². The van der Waals surface area contributed by atoms with Gasteiger partial charge in [-0.25, -0.2) is 9.50 Å². The van der Waals surface area contributed by atoms with E-state index in [1.165, 1.54) is 11.6 Å². The van der Waals surface area contributed by atoms with Gasteiger partial charge in [-0.15, -0.1) is 0 Å². The highest BCUT2D eigenvalue weighted by Gasteiger charge is 2.15. The second-order valence-electron chi connectivity index (χ2n) is 9.18. The molecule has 33 heavy (non-hydrogen) atoms. The maximum Gasteiger partial charge on any atom is 0.266 e. The summed E-state index contributed by atoms with van der Waals surface area (Å²) in [5.41, 5.74) is 4.45. The molecule has 3 aromatic heterocycles. The van der Waals surface area contributed by atoms with E-state index in [0.29, 0.717) is 30.6 Å². The zero-order valence-corrected chi connectivity index (χ0v) is 19.8. The van der Waals surface area contributed by atoms with Gasteiger partial charge in [0.2, 0.25) is 5.95 Å². The Hall–Kier alpha value is -3.68. The molecule has 0 atom stereocenters. The van der Waals surface area contributed by atoms with Gasteiger partial charge in [0.25, 0.3) is 5.56 Å². The number of hydrogen-bond donors (Lipinski definition) is 2. The molecule has 8 heteroatoms. The molecule has 2 N–H and O–H groups in total. The Morgan fingerprint density at radius 1 is 1.09 bits per heavy atom. The van der Waals surface area contributed by atoms with Gasteiger partial charge < -0.3 is 10.1 Å². The van der Waals surface area contributed by atoms with Crippen molar-refractivity contribution in [3.8, 4) is 17.1 Å². The van der Waals surface area contributed by atoms with Crippen molar-refractivity contribution in [2.45, 2.75) is 46.5 Å². The lowest BCUT2D eigenvalue weighted by atomic mass is 9.87. The molecule has 0 aliphatic heterocycles. The van der Waals surface area contributed by atoms with Crippen LogP contribution in [0.5, 0.6) is 5.75 Å². The Morgan fingerprint density at radius 2 is 1.85 bits per heavy atom. The van der Waals surface area contributed by atoms with Crippen LogP contribution in [0.4, 0.5) is 5.95 Å². The van der Waals surface area contributed by atoms with Crippen molar-refractivity contribution in [2.24, 2.45) is 0 Å². The fourth-order valence-electron chi connectivity index (χ4n) is 3.62. The Labute approximate surface area is 193 Å². The summed E-state index contributed by atoms with van der Waals surface area (Å²) in [4.78, 5) is 25.5. The summed E-state index contributed by atoms with van der Waals surface area (Å²) >= 11 is 0. The van der Waals surface area contributed by atoms with Gasteiger partial charge in [0.1, 0.15) is 5.75 Å². The summed E-state index contributed by atoms with van der Waals surface area (Å²) in [5.74, 6) is 1.93. The Bertz CT molecular complexity index is 1300. The van der Waals surface area contributed by atoms with Crippen molar-refractivity contribution in [1.82, 2.24) is 24.6 Å². The van der Waals surface area contributed by atoms with E-state index in [0.717, 1.165) is 29.0 Å². The molecule has 0 aliphatic carbocycles. The Kier molecular flexibility index (Phi) is 6.18. The van der Waals surface area contributed by atoms with E-state index in [-0.39, 0.29) is 11.0 Å². The van der Waals surface area contributed by atoms with Gasteiger partial charge >= 0.3 is 0 Å². The highest BCUT2D eigenvalue weighted by atomic mass is 16.5. The first kappa shape index (κ1) is 22.5. The van der Waals surface area contributed by atoms with Crippen LogP contribution in [-0.4, -0.2) is 37.7 Å². The zero-order chi connectivity index (χ0) is 23.6. The first-order valence-corrected chi connectivity index (χ1v) is 11.1. The van der Waals surface area contributed by atoms with E-state index in [2.05, 4.69) is 58.3 Å². The third-order valence-corrected chi connectivity index (χ3v) is 5.49. The number of ether oxygens (including phenoxy) is 1.